The van der Waals surface area contributed by atoms with Crippen molar-refractivity contribution in [2.24, 2.45) is 0 Å². The molecule has 0 N–H and O–H groups in total. The minimum Gasteiger partial charge on any atom is -0.254 e. The van der Waals surface area contributed by atoms with Gasteiger partial charge in [0, 0.05) is 10.6 Å². The second kappa shape index (κ2) is 5.95. The van der Waals surface area contributed by atoms with E-state index in [4.69, 9.17) is 0 Å². The van der Waals surface area contributed by atoms with Crippen LogP contribution in [0, 0.1) is 11.6 Å². The summed E-state index contributed by atoms with van der Waals surface area (Å²) in [5, 5.41) is 0. The Kier molecular flexibility index (Phi) is 4.88. The number of halogens is 2. The predicted molar refractivity (Wildman–Crippen MR) is 57.2 cm³/mol. The molecule has 15 heavy (non-hydrogen) atoms. The summed E-state index contributed by atoms with van der Waals surface area (Å²) in [4.78, 5) is 0.366. The molecule has 1 unspecified atom stereocenters. The van der Waals surface area contributed by atoms with Crippen molar-refractivity contribution in [3.63, 3.8) is 0 Å². The zero-order valence-corrected chi connectivity index (χ0v) is 9.45. The predicted octanol–water partition coefficient (Wildman–Crippen LogP) is 3.26. The van der Waals surface area contributed by atoms with E-state index in [9.17, 15) is 13.0 Å². The van der Waals surface area contributed by atoms with E-state index in [-0.39, 0.29) is 0 Å². The molecule has 0 radical (unpaired) electrons. The van der Waals surface area contributed by atoms with E-state index in [0.717, 1.165) is 31.4 Å². The van der Waals surface area contributed by atoms with Crippen LogP contribution >= 0.6 is 0 Å². The van der Waals surface area contributed by atoms with Gasteiger partial charge in [0.15, 0.2) is 11.6 Å². The van der Waals surface area contributed by atoms with Gasteiger partial charge in [-0.25, -0.2) is 8.78 Å². The number of hydrogen-bond acceptors (Lipinski definition) is 1. The third kappa shape index (κ3) is 3.70. The summed E-state index contributed by atoms with van der Waals surface area (Å²) < 4.78 is 37.0. The Morgan fingerprint density at radius 3 is 2.53 bits per heavy atom. The highest BCUT2D eigenvalue weighted by Crippen LogP contribution is 2.13. The highest BCUT2D eigenvalue weighted by molar-refractivity contribution is 7.85. The molecule has 1 nitrogen and oxygen atoms in total. The van der Waals surface area contributed by atoms with E-state index in [0.29, 0.717) is 10.6 Å². The van der Waals surface area contributed by atoms with Crippen LogP contribution in [0.5, 0.6) is 0 Å². The minimum absolute atomic E-state index is 0.366. The maximum absolute atomic E-state index is 12.8. The molecule has 0 heterocycles. The first kappa shape index (κ1) is 12.3. The lowest BCUT2D eigenvalue weighted by atomic mass is 10.3. The summed E-state index contributed by atoms with van der Waals surface area (Å²) in [7, 11) is -1.21. The molecule has 1 aromatic carbocycles. The minimum atomic E-state index is -1.21. The molecule has 4 heteroatoms. The Bertz CT molecular complexity index is 352. The summed E-state index contributed by atoms with van der Waals surface area (Å²) >= 11 is 0. The van der Waals surface area contributed by atoms with Crippen molar-refractivity contribution >= 4 is 10.8 Å². The zero-order chi connectivity index (χ0) is 11.3. The highest BCUT2D eigenvalue weighted by Gasteiger charge is 2.07. The smallest absolute Gasteiger partial charge is 0.160 e. The molecular weight excluding hydrogens is 218 g/mol. The Morgan fingerprint density at radius 1 is 1.20 bits per heavy atom. The third-order valence-corrected chi connectivity index (χ3v) is 3.53. The van der Waals surface area contributed by atoms with Gasteiger partial charge in [-0.2, -0.15) is 0 Å². The van der Waals surface area contributed by atoms with Gasteiger partial charge >= 0.3 is 0 Å². The van der Waals surface area contributed by atoms with Gasteiger partial charge < -0.3 is 0 Å². The van der Waals surface area contributed by atoms with Gasteiger partial charge in [-0.05, 0) is 24.6 Å². The van der Waals surface area contributed by atoms with Crippen molar-refractivity contribution < 1.29 is 13.0 Å². The maximum atomic E-state index is 12.8. The lowest BCUT2D eigenvalue weighted by Crippen LogP contribution is -1.99. The normalized spacial score (nSPS) is 12.7. The van der Waals surface area contributed by atoms with Gasteiger partial charge in [-0.1, -0.05) is 19.8 Å². The summed E-state index contributed by atoms with van der Waals surface area (Å²) in [6.45, 7) is 2.06. The largest absolute Gasteiger partial charge is 0.254 e. The average molecular weight is 232 g/mol. The average Bonchev–Trinajstić information content (AvgIpc) is 2.22. The van der Waals surface area contributed by atoms with E-state index >= 15 is 0 Å². The molecule has 0 aliphatic heterocycles. The Hall–Kier alpha value is -0.770. The van der Waals surface area contributed by atoms with Crippen LogP contribution in [0.3, 0.4) is 0 Å². The zero-order valence-electron chi connectivity index (χ0n) is 8.63. The van der Waals surface area contributed by atoms with Crippen LogP contribution in [-0.2, 0) is 10.8 Å². The molecule has 1 atom stereocenters. The van der Waals surface area contributed by atoms with Gasteiger partial charge in [-0.3, -0.25) is 4.21 Å². The van der Waals surface area contributed by atoms with E-state index < -0.39 is 22.4 Å². The number of benzene rings is 1. The molecule has 0 aromatic heterocycles. The summed E-state index contributed by atoms with van der Waals surface area (Å²) in [6, 6.07) is 3.40. The molecule has 1 rings (SSSR count). The molecule has 0 bridgehead atoms. The Balaban J connectivity index is 2.62. The highest BCUT2D eigenvalue weighted by atomic mass is 32.2. The summed E-state index contributed by atoms with van der Waals surface area (Å²) in [5.74, 6) is -1.32. The fourth-order valence-electron chi connectivity index (χ4n) is 1.22. The molecule has 0 saturated heterocycles. The standard InChI is InChI=1S/C11H14F2OS/c1-2-3-4-7-15(14)9-5-6-10(12)11(13)8-9/h5-6,8H,2-4,7H2,1H3. The molecule has 0 aliphatic carbocycles. The first-order valence-electron chi connectivity index (χ1n) is 4.98. The molecule has 0 fully saturated rings. The molecule has 0 spiro atoms. The van der Waals surface area contributed by atoms with Crippen molar-refractivity contribution in [1.82, 2.24) is 0 Å². The van der Waals surface area contributed by atoms with Crippen molar-refractivity contribution in [2.45, 2.75) is 31.1 Å². The molecule has 0 amide bonds. The first-order chi connectivity index (χ1) is 7.15. The molecule has 0 saturated carbocycles. The summed E-state index contributed by atoms with van der Waals surface area (Å²) in [6.07, 6.45) is 2.91. The van der Waals surface area contributed by atoms with Gasteiger partial charge in [-0.15, -0.1) is 0 Å². The van der Waals surface area contributed by atoms with Crippen molar-refractivity contribution in [2.75, 3.05) is 5.75 Å². The Morgan fingerprint density at radius 2 is 1.93 bits per heavy atom. The monoisotopic (exact) mass is 232 g/mol. The second-order valence-corrected chi connectivity index (χ2v) is 4.90. The fourth-order valence-corrected chi connectivity index (χ4v) is 2.38. The van der Waals surface area contributed by atoms with Gasteiger partial charge in [0.05, 0.1) is 10.8 Å². The van der Waals surface area contributed by atoms with Crippen LogP contribution in [-0.4, -0.2) is 9.96 Å². The van der Waals surface area contributed by atoms with Gasteiger partial charge in [0.2, 0.25) is 0 Å². The number of unbranched alkanes of at least 4 members (excludes halogenated alkanes) is 2. The molecule has 84 valence electrons. The van der Waals surface area contributed by atoms with Gasteiger partial charge in [0.1, 0.15) is 0 Å². The fraction of sp³-hybridized carbons (Fsp3) is 0.455. The Labute approximate surface area is 91.0 Å². The quantitative estimate of drug-likeness (QED) is 0.712. The van der Waals surface area contributed by atoms with Crippen LogP contribution in [0.4, 0.5) is 8.78 Å². The van der Waals surface area contributed by atoms with E-state index in [2.05, 4.69) is 6.92 Å². The van der Waals surface area contributed by atoms with Crippen LogP contribution in [0.1, 0.15) is 26.2 Å². The lowest BCUT2D eigenvalue weighted by Gasteiger charge is -2.02. The van der Waals surface area contributed by atoms with E-state index in [1.54, 1.807) is 0 Å². The van der Waals surface area contributed by atoms with Crippen molar-refractivity contribution in [3.8, 4) is 0 Å². The lowest BCUT2D eigenvalue weighted by molar-refractivity contribution is 0.505. The SMILES string of the molecule is CCCCCS(=O)c1ccc(F)c(F)c1. The molecule has 0 aliphatic rings. The van der Waals surface area contributed by atoms with Crippen LogP contribution < -0.4 is 0 Å². The number of rotatable bonds is 5. The van der Waals surface area contributed by atoms with E-state index in [1.807, 2.05) is 0 Å². The second-order valence-electron chi connectivity index (χ2n) is 3.33. The third-order valence-electron chi connectivity index (χ3n) is 2.09. The van der Waals surface area contributed by atoms with Crippen molar-refractivity contribution in [1.29, 1.82) is 0 Å². The van der Waals surface area contributed by atoms with Crippen LogP contribution in [0.15, 0.2) is 23.1 Å². The van der Waals surface area contributed by atoms with Crippen LogP contribution in [0.2, 0.25) is 0 Å². The maximum Gasteiger partial charge on any atom is 0.160 e. The van der Waals surface area contributed by atoms with Crippen LogP contribution in [0.25, 0.3) is 0 Å². The number of hydrogen-bond donors (Lipinski definition) is 0. The van der Waals surface area contributed by atoms with E-state index in [1.165, 1.54) is 6.07 Å². The van der Waals surface area contributed by atoms with Gasteiger partial charge in [0.25, 0.3) is 0 Å². The molecular formula is C11H14F2OS. The topological polar surface area (TPSA) is 17.1 Å². The van der Waals surface area contributed by atoms with Crippen molar-refractivity contribution in [3.05, 3.63) is 29.8 Å². The summed E-state index contributed by atoms with van der Waals surface area (Å²) in [5.41, 5.74) is 0. The molecule has 1 aromatic rings. The first-order valence-corrected chi connectivity index (χ1v) is 6.30.